The second kappa shape index (κ2) is 11.9. The van der Waals surface area contributed by atoms with Crippen molar-refractivity contribution in [1.29, 1.82) is 5.26 Å². The van der Waals surface area contributed by atoms with Gasteiger partial charge in [0.15, 0.2) is 11.5 Å². The minimum atomic E-state index is -0.603. The lowest BCUT2D eigenvalue weighted by molar-refractivity contribution is -0.112. The second-order valence-electron chi connectivity index (χ2n) is 7.29. The summed E-state index contributed by atoms with van der Waals surface area (Å²) < 4.78 is 16.9. The number of nitriles is 1. The van der Waals surface area contributed by atoms with E-state index in [0.29, 0.717) is 31.2 Å². The largest absolute Gasteiger partial charge is 0.493 e. The van der Waals surface area contributed by atoms with Gasteiger partial charge < -0.3 is 19.5 Å². The molecule has 0 saturated heterocycles. The number of nitrogens with zero attached hydrogens (tertiary/aromatic N) is 1. The number of anilines is 1. The molecule has 0 bridgehead atoms. The zero-order chi connectivity index (χ0) is 24.7. The van der Waals surface area contributed by atoms with Gasteiger partial charge in [0.25, 0.3) is 5.91 Å². The Hall–Kier alpha value is -3.02. The molecule has 0 atom stereocenters. The Morgan fingerprint density at radius 1 is 1.32 bits per heavy atom. The summed E-state index contributed by atoms with van der Waals surface area (Å²) in [6.45, 7) is 2.06. The molecule has 1 aliphatic carbocycles. The minimum Gasteiger partial charge on any atom is -0.493 e. The van der Waals surface area contributed by atoms with Gasteiger partial charge in [0, 0.05) is 4.88 Å². The highest BCUT2D eigenvalue weighted by Crippen LogP contribution is 2.39. The molecule has 3 rings (SSSR count). The maximum absolute atomic E-state index is 13.0. The van der Waals surface area contributed by atoms with Crippen molar-refractivity contribution in [3.63, 3.8) is 0 Å². The van der Waals surface area contributed by atoms with Crippen LogP contribution in [0.1, 0.15) is 46.1 Å². The maximum atomic E-state index is 13.0. The predicted molar refractivity (Wildman–Crippen MR) is 139 cm³/mol. The molecule has 1 heterocycles. The molecule has 2 aromatic rings. The number of nitrogens with one attached hydrogen (secondary N) is 1. The standard InChI is InChI=1S/C25H23IN2O5S/c1-4-10-33-22-18(26)12-15(13-19(22)31-3)11-16(14-27)23(29)28-24-21(25(30)32-5-2)17-8-6-7-9-20(17)34-24/h1,11-13H,5-10H2,2-3H3,(H,28,29)/b16-11+. The van der Waals surface area contributed by atoms with Crippen LogP contribution < -0.4 is 14.8 Å². The van der Waals surface area contributed by atoms with Crippen molar-refractivity contribution < 1.29 is 23.8 Å². The molecule has 0 aliphatic heterocycles. The highest BCUT2D eigenvalue weighted by molar-refractivity contribution is 14.1. The van der Waals surface area contributed by atoms with Crippen LogP contribution >= 0.6 is 33.9 Å². The van der Waals surface area contributed by atoms with E-state index in [0.717, 1.165) is 36.1 Å². The molecule has 176 valence electrons. The van der Waals surface area contributed by atoms with Crippen molar-refractivity contribution in [2.45, 2.75) is 32.6 Å². The molecule has 0 spiro atoms. The summed E-state index contributed by atoms with van der Waals surface area (Å²) in [5.41, 5.74) is 1.81. The number of carbonyl (C=O) groups excluding carboxylic acids is 2. The summed E-state index contributed by atoms with van der Waals surface area (Å²) in [6.07, 6.45) is 10.4. The predicted octanol–water partition coefficient (Wildman–Crippen LogP) is 4.97. The van der Waals surface area contributed by atoms with Crippen LogP contribution in [-0.2, 0) is 22.4 Å². The van der Waals surface area contributed by atoms with E-state index < -0.39 is 11.9 Å². The van der Waals surface area contributed by atoms with E-state index in [9.17, 15) is 14.9 Å². The second-order valence-corrected chi connectivity index (χ2v) is 9.55. The number of ether oxygens (including phenoxy) is 3. The van der Waals surface area contributed by atoms with Gasteiger partial charge in [-0.2, -0.15) is 5.26 Å². The zero-order valence-corrected chi connectivity index (χ0v) is 21.8. The Labute approximate surface area is 216 Å². The normalized spacial score (nSPS) is 12.7. The molecule has 1 aromatic carbocycles. The molecular weight excluding hydrogens is 567 g/mol. The number of methoxy groups -OCH3 is 1. The number of thiophene rings is 1. The van der Waals surface area contributed by atoms with Gasteiger partial charge in [-0.05, 0) is 84.5 Å². The van der Waals surface area contributed by atoms with Gasteiger partial charge in [0.2, 0.25) is 0 Å². The third-order valence-corrected chi connectivity index (χ3v) is 7.11. The average molecular weight is 590 g/mol. The van der Waals surface area contributed by atoms with E-state index in [4.69, 9.17) is 20.6 Å². The summed E-state index contributed by atoms with van der Waals surface area (Å²) in [4.78, 5) is 26.7. The van der Waals surface area contributed by atoms with Gasteiger partial charge in [0.05, 0.1) is 22.9 Å². The van der Waals surface area contributed by atoms with E-state index in [2.05, 4.69) is 33.8 Å². The summed E-state index contributed by atoms with van der Waals surface area (Å²) in [6, 6.07) is 5.37. The van der Waals surface area contributed by atoms with E-state index in [1.165, 1.54) is 24.5 Å². The van der Waals surface area contributed by atoms with Crippen LogP contribution in [0.3, 0.4) is 0 Å². The Morgan fingerprint density at radius 2 is 2.09 bits per heavy atom. The quantitative estimate of drug-likeness (QED) is 0.153. The van der Waals surface area contributed by atoms with Crippen LogP contribution in [0, 0.1) is 27.2 Å². The molecule has 0 fully saturated rings. The third kappa shape index (κ3) is 5.72. The van der Waals surface area contributed by atoms with Crippen LogP contribution in [0.2, 0.25) is 0 Å². The first-order chi connectivity index (χ1) is 16.4. The van der Waals surface area contributed by atoms with Crippen LogP contribution in [0.25, 0.3) is 6.08 Å². The fourth-order valence-electron chi connectivity index (χ4n) is 3.64. The number of hydrogen-bond acceptors (Lipinski definition) is 7. The minimum absolute atomic E-state index is 0.0843. The Kier molecular flexibility index (Phi) is 8.97. The number of aryl methyl sites for hydroxylation is 1. The molecule has 1 aliphatic rings. The SMILES string of the molecule is C#CCOc1c(I)cc(/C=C(\C#N)C(=O)Nc2sc3c(c2C(=O)OCC)CCCC3)cc1OC. The van der Waals surface area contributed by atoms with Crippen LogP contribution in [-0.4, -0.2) is 32.2 Å². The number of amides is 1. The lowest BCUT2D eigenvalue weighted by Crippen LogP contribution is -2.16. The number of fused-ring (bicyclic) bond motifs is 1. The first kappa shape index (κ1) is 25.6. The van der Waals surface area contributed by atoms with Crippen molar-refractivity contribution in [3.8, 4) is 29.9 Å². The zero-order valence-electron chi connectivity index (χ0n) is 18.8. The van der Waals surface area contributed by atoms with Crippen LogP contribution in [0.4, 0.5) is 5.00 Å². The molecule has 7 nitrogen and oxygen atoms in total. The summed E-state index contributed by atoms with van der Waals surface area (Å²) in [7, 11) is 1.50. The summed E-state index contributed by atoms with van der Waals surface area (Å²) in [5, 5.41) is 12.9. The monoisotopic (exact) mass is 590 g/mol. The number of esters is 1. The van der Waals surface area contributed by atoms with Gasteiger partial charge in [0.1, 0.15) is 23.3 Å². The van der Waals surface area contributed by atoms with Crippen molar-refractivity contribution in [3.05, 3.63) is 42.8 Å². The third-order valence-electron chi connectivity index (χ3n) is 5.11. The van der Waals surface area contributed by atoms with Gasteiger partial charge >= 0.3 is 5.97 Å². The smallest absolute Gasteiger partial charge is 0.341 e. The topological polar surface area (TPSA) is 97.7 Å². The number of hydrogen-bond donors (Lipinski definition) is 1. The van der Waals surface area contributed by atoms with Crippen LogP contribution in [0.5, 0.6) is 11.5 Å². The fourth-order valence-corrected chi connectivity index (χ4v) is 5.69. The number of terminal acetylenes is 1. The van der Waals surface area contributed by atoms with Crippen LogP contribution in [0.15, 0.2) is 17.7 Å². The molecule has 1 N–H and O–H groups in total. The van der Waals surface area contributed by atoms with E-state index >= 15 is 0 Å². The molecule has 9 heteroatoms. The molecule has 0 saturated carbocycles. The Morgan fingerprint density at radius 3 is 2.76 bits per heavy atom. The van der Waals surface area contributed by atoms with Crippen molar-refractivity contribution in [2.24, 2.45) is 0 Å². The molecule has 0 unspecified atom stereocenters. The lowest BCUT2D eigenvalue weighted by Gasteiger charge is -2.12. The van der Waals surface area contributed by atoms with E-state index in [1.54, 1.807) is 19.1 Å². The first-order valence-corrected chi connectivity index (χ1v) is 12.5. The molecule has 0 radical (unpaired) electrons. The number of benzene rings is 1. The Balaban J connectivity index is 1.92. The number of carbonyl (C=O) groups is 2. The van der Waals surface area contributed by atoms with Gasteiger partial charge in [-0.25, -0.2) is 4.79 Å². The molecule has 1 amide bonds. The van der Waals surface area contributed by atoms with E-state index in [1.807, 2.05) is 6.07 Å². The summed E-state index contributed by atoms with van der Waals surface area (Å²) >= 11 is 3.45. The van der Waals surface area contributed by atoms with Gasteiger partial charge in [-0.3, -0.25) is 4.79 Å². The van der Waals surface area contributed by atoms with Gasteiger partial charge in [-0.1, -0.05) is 5.92 Å². The highest BCUT2D eigenvalue weighted by Gasteiger charge is 2.28. The summed E-state index contributed by atoms with van der Waals surface area (Å²) in [5.74, 6) is 2.27. The fraction of sp³-hybridized carbons (Fsp3) is 0.320. The molecule has 1 aromatic heterocycles. The van der Waals surface area contributed by atoms with Crippen molar-refractivity contribution in [1.82, 2.24) is 0 Å². The number of halogens is 1. The molecular formula is C25H23IN2O5S. The van der Waals surface area contributed by atoms with Gasteiger partial charge in [-0.15, -0.1) is 17.8 Å². The highest BCUT2D eigenvalue weighted by atomic mass is 127. The maximum Gasteiger partial charge on any atom is 0.341 e. The van der Waals surface area contributed by atoms with E-state index in [-0.39, 0.29) is 18.8 Å². The van der Waals surface area contributed by atoms with Crippen molar-refractivity contribution >= 4 is 56.9 Å². The first-order valence-electron chi connectivity index (χ1n) is 10.6. The number of rotatable bonds is 8. The molecule has 34 heavy (non-hydrogen) atoms. The average Bonchev–Trinajstić information content (AvgIpc) is 3.19. The Bertz CT molecular complexity index is 1220. The lowest BCUT2D eigenvalue weighted by atomic mass is 9.95. The van der Waals surface area contributed by atoms with Crippen molar-refractivity contribution in [2.75, 3.05) is 25.6 Å².